The van der Waals surface area contributed by atoms with Crippen LogP contribution in [-0.2, 0) is 34.3 Å². The molecule has 0 radical (unpaired) electrons. The lowest BCUT2D eigenvalue weighted by atomic mass is 9.76. The van der Waals surface area contributed by atoms with Crippen molar-refractivity contribution in [2.45, 2.75) is 37.5 Å². The fraction of sp³-hybridized carbons (Fsp3) is 0.267. The number of halogens is 12. The van der Waals surface area contributed by atoms with Crippen LogP contribution in [0.1, 0.15) is 55.8 Å². The van der Waals surface area contributed by atoms with Gasteiger partial charge < -0.3 is 0 Å². The number of alkyl halides is 12. The molecule has 6 nitrogen and oxygen atoms in total. The van der Waals surface area contributed by atoms with Crippen LogP contribution >= 0.6 is 0 Å². The average Bonchev–Trinajstić information content (AvgIpc) is 3.29. The Morgan fingerprint density at radius 2 is 0.750 bits per heavy atom. The van der Waals surface area contributed by atoms with Gasteiger partial charge in [-0.3, -0.25) is 24.1 Å². The maximum absolute atomic E-state index is 12.9. The van der Waals surface area contributed by atoms with Crippen molar-refractivity contribution in [1.29, 1.82) is 0 Å². The van der Waals surface area contributed by atoms with Gasteiger partial charge in [-0.2, -0.15) is 52.7 Å². The topological polar surface area (TPSA) is 74.8 Å². The first kappa shape index (κ1) is 34.4. The molecule has 1 saturated heterocycles. The normalized spacial score (nSPS) is 19.6. The number of amides is 4. The van der Waals surface area contributed by atoms with Crippen LogP contribution in [0.25, 0.3) is 0 Å². The van der Waals surface area contributed by atoms with Gasteiger partial charge in [0.1, 0.15) is 0 Å². The molecule has 4 amide bonds. The molecule has 2 heterocycles. The second-order valence-corrected chi connectivity index (χ2v) is 10.8. The maximum Gasteiger partial charge on any atom is 0.416 e. The van der Waals surface area contributed by atoms with Crippen LogP contribution in [0.3, 0.4) is 0 Å². The largest absolute Gasteiger partial charge is 0.416 e. The van der Waals surface area contributed by atoms with Gasteiger partial charge in [0.05, 0.1) is 56.6 Å². The molecule has 0 N–H and O–H groups in total. The molecule has 0 unspecified atom stereocenters. The van der Waals surface area contributed by atoms with E-state index in [0.717, 1.165) is 0 Å². The summed E-state index contributed by atoms with van der Waals surface area (Å²) in [5.41, 5.74) is -7.95. The fourth-order valence-electron chi connectivity index (χ4n) is 5.34. The van der Waals surface area contributed by atoms with Gasteiger partial charge >= 0.3 is 24.7 Å². The van der Waals surface area contributed by atoms with Crippen molar-refractivity contribution in [3.8, 4) is 0 Å². The fourth-order valence-corrected chi connectivity index (χ4v) is 5.34. The van der Waals surface area contributed by atoms with Crippen molar-refractivity contribution in [1.82, 2.24) is 0 Å². The van der Waals surface area contributed by atoms with Crippen LogP contribution < -0.4 is 9.80 Å². The van der Waals surface area contributed by atoms with Gasteiger partial charge in [0.15, 0.2) is 0 Å². The summed E-state index contributed by atoms with van der Waals surface area (Å²) in [7, 11) is 0. The quantitative estimate of drug-likeness (QED) is 0.200. The minimum Gasteiger partial charge on any atom is -0.274 e. The first-order chi connectivity index (χ1) is 22.0. The third-order valence-corrected chi connectivity index (χ3v) is 7.80. The van der Waals surface area contributed by atoms with Crippen molar-refractivity contribution in [2.24, 2.45) is 11.8 Å². The summed E-state index contributed by atoms with van der Waals surface area (Å²) in [4.78, 5) is 49.4. The van der Waals surface area contributed by atoms with Gasteiger partial charge in [-0.25, -0.2) is 4.90 Å². The molecule has 2 atom stereocenters. The molecule has 6 rings (SSSR count). The predicted octanol–water partition coefficient (Wildman–Crippen LogP) is 8.15. The summed E-state index contributed by atoms with van der Waals surface area (Å²) in [5, 5.41) is 0. The maximum atomic E-state index is 12.9. The number of nitrogens with zero attached hydrogens (tertiary/aromatic N) is 2. The summed E-state index contributed by atoms with van der Waals surface area (Å²) >= 11 is 0. The first-order valence-electron chi connectivity index (χ1n) is 13.4. The molecule has 2 fully saturated rings. The smallest absolute Gasteiger partial charge is 0.274 e. The van der Waals surface area contributed by atoms with Crippen LogP contribution in [0, 0.1) is 11.8 Å². The van der Waals surface area contributed by atoms with Crippen molar-refractivity contribution >= 4 is 35.0 Å². The molecule has 3 aliphatic rings. The highest BCUT2D eigenvalue weighted by atomic mass is 19.4. The number of carbonyl (C=O) groups excluding carboxylic acids is 4. The molecule has 48 heavy (non-hydrogen) atoms. The lowest BCUT2D eigenvalue weighted by molar-refractivity contribution is -0.144. The molecule has 0 aromatic heterocycles. The Morgan fingerprint density at radius 1 is 0.458 bits per heavy atom. The first-order valence-corrected chi connectivity index (χ1v) is 13.4. The van der Waals surface area contributed by atoms with E-state index in [2.05, 4.69) is 0 Å². The third-order valence-electron chi connectivity index (χ3n) is 7.80. The predicted molar refractivity (Wildman–Crippen MR) is 139 cm³/mol. The van der Waals surface area contributed by atoms with Crippen LogP contribution in [0.5, 0.6) is 0 Å². The molecule has 3 aromatic rings. The number of hydrogen-bond donors (Lipinski definition) is 0. The van der Waals surface area contributed by atoms with Crippen LogP contribution in [-0.4, -0.2) is 23.6 Å². The Bertz CT molecular complexity index is 1720. The SMILES string of the molecule is O=C1[C@H]2CC[C@H]2C(=O)N1c1cc(C(F)(F)F)cc(C(F)(F)F)c1.O=C1c2ccccc2C(=O)N1c1cc(C(F)(F)F)cc(C(F)(F)F)c1. The number of fused-ring (bicyclic) bond motifs is 2. The van der Waals surface area contributed by atoms with E-state index in [4.69, 9.17) is 0 Å². The standard InChI is InChI=1S/C16H7F6NO2.C14H9F6NO2/c17-15(18,19)8-5-9(16(20,21)22)7-10(6-8)23-13(24)11-3-1-2-4-12(11)14(23)25;15-13(16,17)6-3-7(14(18,19)20)5-8(4-6)21-11(22)9-1-2-10(9)12(21)23/h1-7H;3-5,9-10H,1-2H2/t;9-,10+. The molecule has 3 aromatic carbocycles. The van der Waals surface area contributed by atoms with Gasteiger partial charge in [0, 0.05) is 0 Å². The molecule has 254 valence electrons. The van der Waals surface area contributed by atoms with Gasteiger partial charge in [-0.1, -0.05) is 12.1 Å². The summed E-state index contributed by atoms with van der Waals surface area (Å²) in [5.74, 6) is -4.70. The molecule has 1 saturated carbocycles. The monoisotopic (exact) mass is 696 g/mol. The number of hydrogen-bond acceptors (Lipinski definition) is 4. The highest BCUT2D eigenvalue weighted by molar-refractivity contribution is 6.34. The van der Waals surface area contributed by atoms with E-state index in [0.29, 0.717) is 46.9 Å². The molecular formula is C30H16F12N2O4. The van der Waals surface area contributed by atoms with E-state index in [1.807, 2.05) is 0 Å². The lowest BCUT2D eigenvalue weighted by Crippen LogP contribution is -2.30. The Morgan fingerprint density at radius 3 is 1.02 bits per heavy atom. The molecule has 0 spiro atoms. The average molecular weight is 696 g/mol. The van der Waals surface area contributed by atoms with Crippen LogP contribution in [0.2, 0.25) is 0 Å². The molecule has 0 bridgehead atoms. The van der Waals surface area contributed by atoms with E-state index in [1.165, 1.54) is 24.3 Å². The highest BCUT2D eigenvalue weighted by Gasteiger charge is 2.54. The Balaban J connectivity index is 0.000000188. The number of benzene rings is 3. The zero-order valence-electron chi connectivity index (χ0n) is 23.4. The van der Waals surface area contributed by atoms with E-state index in [-0.39, 0.29) is 23.3 Å². The Labute approximate surface area is 260 Å². The zero-order valence-corrected chi connectivity index (χ0v) is 23.4. The van der Waals surface area contributed by atoms with Gasteiger partial charge in [-0.15, -0.1) is 0 Å². The van der Waals surface area contributed by atoms with Gasteiger partial charge in [0.2, 0.25) is 11.8 Å². The second kappa shape index (κ2) is 11.4. The van der Waals surface area contributed by atoms with Crippen molar-refractivity contribution < 1.29 is 71.9 Å². The summed E-state index contributed by atoms with van der Waals surface area (Å²) in [6, 6.07) is 6.79. The molecule has 1 aliphatic carbocycles. The molecule has 18 heteroatoms. The van der Waals surface area contributed by atoms with Crippen molar-refractivity contribution in [2.75, 3.05) is 9.80 Å². The van der Waals surface area contributed by atoms with Crippen LogP contribution in [0.15, 0.2) is 60.7 Å². The van der Waals surface area contributed by atoms with E-state index >= 15 is 0 Å². The molecular weight excluding hydrogens is 680 g/mol. The summed E-state index contributed by atoms with van der Waals surface area (Å²) in [6.07, 6.45) is -19.4. The lowest BCUT2D eigenvalue weighted by Gasteiger charge is -2.23. The van der Waals surface area contributed by atoms with Gasteiger partial charge in [0.25, 0.3) is 11.8 Å². The third kappa shape index (κ3) is 6.22. The minimum absolute atomic E-state index is 0.0386. The molecule has 2 aliphatic heterocycles. The highest BCUT2D eigenvalue weighted by Crippen LogP contribution is 2.46. The van der Waals surface area contributed by atoms with Crippen LogP contribution in [0.4, 0.5) is 64.1 Å². The van der Waals surface area contributed by atoms with E-state index in [1.54, 1.807) is 0 Å². The second-order valence-electron chi connectivity index (χ2n) is 10.8. The summed E-state index contributed by atoms with van der Waals surface area (Å²) < 4.78 is 155. The number of imide groups is 2. The number of anilines is 2. The van der Waals surface area contributed by atoms with Crippen molar-refractivity contribution in [3.05, 3.63) is 94.0 Å². The van der Waals surface area contributed by atoms with E-state index in [9.17, 15) is 71.9 Å². The summed E-state index contributed by atoms with van der Waals surface area (Å²) in [6.45, 7) is 0. The Kier molecular flexibility index (Phi) is 8.15. The number of carbonyl (C=O) groups is 4. The number of rotatable bonds is 2. The minimum atomic E-state index is -5.07. The van der Waals surface area contributed by atoms with Crippen molar-refractivity contribution in [3.63, 3.8) is 0 Å². The zero-order chi connectivity index (χ0) is 35.7. The van der Waals surface area contributed by atoms with Gasteiger partial charge in [-0.05, 0) is 61.4 Å². The van der Waals surface area contributed by atoms with E-state index < -0.39 is 93.8 Å². The Hall–Kier alpha value is -4.90.